The number of rotatable bonds is 3. The Balaban J connectivity index is 0. The quantitative estimate of drug-likeness (QED) is 0.805. The predicted molar refractivity (Wildman–Crippen MR) is 78.0 cm³/mol. The molecule has 4 heteroatoms. The van der Waals surface area contributed by atoms with E-state index in [-0.39, 0.29) is 18.0 Å². The number of aliphatic hydroxyl groups excluding tert-OH is 1. The molecule has 0 aromatic heterocycles. The van der Waals surface area contributed by atoms with Gasteiger partial charge in [-0.15, -0.1) is 0 Å². The standard InChI is InChI=1S/C7H14O2.C4H8O.C4H10O/c1-5(2)7(8)9-6(3)4;1-2-4-5-3-1;1-4(2)3-5/h5-6H,1-4H3;1-4H2;4-5H,3H2,1-2H3. The Labute approximate surface area is 118 Å². The summed E-state index contributed by atoms with van der Waals surface area (Å²) in [6.45, 7) is 13.6. The molecule has 1 aliphatic rings. The zero-order chi connectivity index (χ0) is 15.3. The molecule has 4 nitrogen and oxygen atoms in total. The zero-order valence-electron chi connectivity index (χ0n) is 13.4. The van der Waals surface area contributed by atoms with Crippen LogP contribution in [0.25, 0.3) is 0 Å². The van der Waals surface area contributed by atoms with Crippen LogP contribution in [0.3, 0.4) is 0 Å². The molecule has 0 aromatic carbocycles. The molecule has 1 fully saturated rings. The maximum atomic E-state index is 10.7. The smallest absolute Gasteiger partial charge is 0.308 e. The largest absolute Gasteiger partial charge is 0.463 e. The monoisotopic (exact) mass is 276 g/mol. The van der Waals surface area contributed by atoms with Gasteiger partial charge in [0.15, 0.2) is 0 Å². The fourth-order valence-corrected chi connectivity index (χ4v) is 0.879. The van der Waals surface area contributed by atoms with Crippen molar-refractivity contribution in [3.8, 4) is 0 Å². The highest BCUT2D eigenvalue weighted by Gasteiger charge is 2.08. The SMILES string of the molecule is C1CCOC1.CC(C)CO.CC(C)OC(=O)C(C)C. The number of aliphatic hydroxyl groups is 1. The maximum Gasteiger partial charge on any atom is 0.308 e. The molecule has 0 unspecified atom stereocenters. The highest BCUT2D eigenvalue weighted by atomic mass is 16.5. The van der Waals surface area contributed by atoms with E-state index in [0.717, 1.165) is 13.2 Å². The zero-order valence-corrected chi connectivity index (χ0v) is 13.4. The van der Waals surface area contributed by atoms with Crippen LogP contribution in [0, 0.1) is 11.8 Å². The fraction of sp³-hybridized carbons (Fsp3) is 0.933. The molecule has 1 heterocycles. The van der Waals surface area contributed by atoms with E-state index >= 15 is 0 Å². The molecule has 0 bridgehead atoms. The van der Waals surface area contributed by atoms with E-state index in [1.165, 1.54) is 12.8 Å². The van der Waals surface area contributed by atoms with Crippen LogP contribution in [0.15, 0.2) is 0 Å². The molecular formula is C15H32O4. The average molecular weight is 276 g/mol. The summed E-state index contributed by atoms with van der Waals surface area (Å²) >= 11 is 0. The Hall–Kier alpha value is -0.610. The molecule has 1 rings (SSSR count). The summed E-state index contributed by atoms with van der Waals surface area (Å²) in [5, 5.41) is 8.14. The van der Waals surface area contributed by atoms with E-state index in [1.54, 1.807) is 0 Å². The first kappa shape index (κ1) is 20.7. The predicted octanol–water partition coefficient (Wildman–Crippen LogP) is 3.03. The van der Waals surface area contributed by atoms with Crippen LogP contribution in [-0.2, 0) is 14.3 Å². The fourth-order valence-electron chi connectivity index (χ4n) is 0.879. The number of hydrogen-bond donors (Lipinski definition) is 1. The van der Waals surface area contributed by atoms with Crippen LogP contribution in [0.4, 0.5) is 0 Å². The van der Waals surface area contributed by atoms with E-state index in [4.69, 9.17) is 14.6 Å². The van der Waals surface area contributed by atoms with E-state index < -0.39 is 0 Å². The van der Waals surface area contributed by atoms with Crippen molar-refractivity contribution in [3.63, 3.8) is 0 Å². The number of carbonyl (C=O) groups is 1. The summed E-state index contributed by atoms with van der Waals surface area (Å²) in [6.07, 6.45) is 2.57. The Morgan fingerprint density at radius 1 is 1.11 bits per heavy atom. The second-order valence-corrected chi connectivity index (χ2v) is 5.54. The molecule has 0 atom stereocenters. The van der Waals surface area contributed by atoms with Crippen molar-refractivity contribution < 1.29 is 19.4 Å². The molecule has 0 radical (unpaired) electrons. The van der Waals surface area contributed by atoms with Crippen LogP contribution in [-0.4, -0.2) is 37.0 Å². The van der Waals surface area contributed by atoms with Crippen LogP contribution in [0.2, 0.25) is 0 Å². The third-order valence-electron chi connectivity index (χ3n) is 2.02. The minimum absolute atomic E-state index is 0.00704. The van der Waals surface area contributed by atoms with Crippen molar-refractivity contribution in [2.75, 3.05) is 19.8 Å². The van der Waals surface area contributed by atoms with Gasteiger partial charge in [-0.05, 0) is 32.6 Å². The first-order valence-corrected chi connectivity index (χ1v) is 7.20. The lowest BCUT2D eigenvalue weighted by molar-refractivity contribution is -0.151. The van der Waals surface area contributed by atoms with E-state index in [1.807, 2.05) is 41.5 Å². The van der Waals surface area contributed by atoms with Gasteiger partial charge in [0.25, 0.3) is 0 Å². The lowest BCUT2D eigenvalue weighted by atomic mass is 10.2. The minimum Gasteiger partial charge on any atom is -0.463 e. The molecule has 1 saturated heterocycles. The number of ether oxygens (including phenoxy) is 2. The Kier molecular flexibility index (Phi) is 15.1. The third-order valence-corrected chi connectivity index (χ3v) is 2.02. The third kappa shape index (κ3) is 19.9. The van der Waals surface area contributed by atoms with Gasteiger partial charge in [-0.25, -0.2) is 0 Å². The Bertz CT molecular complexity index is 189. The molecule has 1 aliphatic heterocycles. The van der Waals surface area contributed by atoms with E-state index in [2.05, 4.69) is 0 Å². The molecule has 0 aliphatic carbocycles. The topological polar surface area (TPSA) is 55.8 Å². The number of hydrogen-bond acceptors (Lipinski definition) is 4. The van der Waals surface area contributed by atoms with Gasteiger partial charge < -0.3 is 14.6 Å². The molecular weight excluding hydrogens is 244 g/mol. The maximum absolute atomic E-state index is 10.7. The summed E-state index contributed by atoms with van der Waals surface area (Å²) in [5.41, 5.74) is 0. The van der Waals surface area contributed by atoms with Gasteiger partial charge in [0, 0.05) is 19.8 Å². The number of esters is 1. The molecule has 1 N–H and O–H groups in total. The normalized spacial score (nSPS) is 13.8. The second-order valence-electron chi connectivity index (χ2n) is 5.54. The van der Waals surface area contributed by atoms with Gasteiger partial charge in [0.1, 0.15) is 0 Å². The van der Waals surface area contributed by atoms with Crippen molar-refractivity contribution in [2.45, 2.75) is 60.5 Å². The van der Waals surface area contributed by atoms with Crippen molar-refractivity contribution in [1.82, 2.24) is 0 Å². The van der Waals surface area contributed by atoms with E-state index in [9.17, 15) is 4.79 Å². The van der Waals surface area contributed by atoms with E-state index in [0.29, 0.717) is 12.5 Å². The van der Waals surface area contributed by atoms with Gasteiger partial charge in [0.05, 0.1) is 12.0 Å². The second kappa shape index (κ2) is 13.8. The van der Waals surface area contributed by atoms with Gasteiger partial charge in [0.2, 0.25) is 0 Å². The van der Waals surface area contributed by atoms with Crippen LogP contribution < -0.4 is 0 Å². The summed E-state index contributed by atoms with van der Waals surface area (Å²) < 4.78 is 9.82. The van der Waals surface area contributed by atoms with Gasteiger partial charge >= 0.3 is 5.97 Å². The van der Waals surface area contributed by atoms with Crippen molar-refractivity contribution in [2.24, 2.45) is 11.8 Å². The molecule has 19 heavy (non-hydrogen) atoms. The molecule has 0 amide bonds. The van der Waals surface area contributed by atoms with Gasteiger partial charge in [-0.1, -0.05) is 27.7 Å². The summed E-state index contributed by atoms with van der Waals surface area (Å²) in [6, 6.07) is 0. The van der Waals surface area contributed by atoms with Gasteiger partial charge in [-0.2, -0.15) is 0 Å². The molecule has 0 aromatic rings. The average Bonchev–Trinajstić information content (AvgIpc) is 2.87. The minimum atomic E-state index is -0.120. The van der Waals surface area contributed by atoms with Crippen molar-refractivity contribution in [3.05, 3.63) is 0 Å². The first-order chi connectivity index (χ1) is 8.81. The molecule has 116 valence electrons. The van der Waals surface area contributed by atoms with Crippen molar-refractivity contribution in [1.29, 1.82) is 0 Å². The Morgan fingerprint density at radius 2 is 1.53 bits per heavy atom. The summed E-state index contributed by atoms with van der Waals surface area (Å²) in [7, 11) is 0. The van der Waals surface area contributed by atoms with Crippen LogP contribution in [0.1, 0.15) is 54.4 Å². The van der Waals surface area contributed by atoms with Gasteiger partial charge in [-0.3, -0.25) is 4.79 Å². The Morgan fingerprint density at radius 3 is 1.63 bits per heavy atom. The van der Waals surface area contributed by atoms with Crippen molar-refractivity contribution >= 4 is 5.97 Å². The summed E-state index contributed by atoms with van der Waals surface area (Å²) in [4.78, 5) is 10.7. The van der Waals surface area contributed by atoms with Crippen LogP contribution in [0.5, 0.6) is 0 Å². The number of carbonyl (C=O) groups excluding carboxylic acids is 1. The lowest BCUT2D eigenvalue weighted by Gasteiger charge is -2.08. The van der Waals surface area contributed by atoms with Crippen LogP contribution >= 0.6 is 0 Å². The lowest BCUT2D eigenvalue weighted by Crippen LogP contribution is -2.16. The molecule has 0 spiro atoms. The molecule has 0 saturated carbocycles. The highest BCUT2D eigenvalue weighted by Crippen LogP contribution is 1.99. The highest BCUT2D eigenvalue weighted by molar-refractivity contribution is 5.71. The first-order valence-electron chi connectivity index (χ1n) is 7.20. The summed E-state index contributed by atoms with van der Waals surface area (Å²) in [5.74, 6) is 0.312.